The molecular formula is C13H18FN3O3. The van der Waals surface area contributed by atoms with Gasteiger partial charge in [0.1, 0.15) is 11.9 Å². The molecule has 0 aliphatic heterocycles. The number of amides is 1. The molecule has 0 heterocycles. The molecule has 6 nitrogen and oxygen atoms in total. The number of carbonyl (C=O) groups excluding carboxylic acids is 1. The average Bonchev–Trinajstić information content (AvgIpc) is 2.34. The smallest absolute Gasteiger partial charge is 0.274 e. The van der Waals surface area contributed by atoms with Gasteiger partial charge in [-0.2, -0.15) is 0 Å². The van der Waals surface area contributed by atoms with Crippen molar-refractivity contribution < 1.29 is 14.1 Å². The first-order valence-electron chi connectivity index (χ1n) is 6.29. The maximum atomic E-state index is 13.2. The van der Waals surface area contributed by atoms with E-state index >= 15 is 0 Å². The average molecular weight is 283 g/mol. The molecule has 0 aromatic heterocycles. The van der Waals surface area contributed by atoms with Crippen molar-refractivity contribution in [2.45, 2.75) is 26.8 Å². The Morgan fingerprint density at radius 3 is 2.55 bits per heavy atom. The van der Waals surface area contributed by atoms with E-state index in [-0.39, 0.29) is 17.3 Å². The molecule has 1 aromatic carbocycles. The Labute approximate surface area is 116 Å². The number of nitrogens with zero attached hydrogens (tertiary/aromatic N) is 1. The number of hydrogen-bond donors (Lipinski definition) is 2. The molecule has 0 aliphatic carbocycles. The summed E-state index contributed by atoms with van der Waals surface area (Å²) >= 11 is 0. The zero-order chi connectivity index (χ0) is 15.3. The molecule has 1 unspecified atom stereocenters. The predicted molar refractivity (Wildman–Crippen MR) is 74.0 cm³/mol. The van der Waals surface area contributed by atoms with Crippen LogP contribution in [0.25, 0.3) is 0 Å². The first kappa shape index (κ1) is 15.9. The highest BCUT2D eigenvalue weighted by atomic mass is 19.1. The molecule has 1 atom stereocenters. The zero-order valence-corrected chi connectivity index (χ0v) is 11.6. The first-order valence-corrected chi connectivity index (χ1v) is 6.29. The van der Waals surface area contributed by atoms with E-state index in [0.717, 1.165) is 12.1 Å². The van der Waals surface area contributed by atoms with Crippen LogP contribution in [-0.2, 0) is 4.79 Å². The molecule has 1 aromatic rings. The fourth-order valence-electron chi connectivity index (χ4n) is 1.54. The minimum atomic E-state index is -0.725. The molecule has 0 aliphatic rings. The van der Waals surface area contributed by atoms with Crippen LogP contribution >= 0.6 is 0 Å². The van der Waals surface area contributed by atoms with Gasteiger partial charge in [0, 0.05) is 18.3 Å². The molecule has 1 rings (SSSR count). The second-order valence-corrected chi connectivity index (χ2v) is 4.96. The van der Waals surface area contributed by atoms with Crippen molar-refractivity contribution in [3.8, 4) is 0 Å². The second kappa shape index (κ2) is 6.83. The fraction of sp³-hybridized carbons (Fsp3) is 0.462. The largest absolute Gasteiger partial charge is 0.374 e. The molecule has 0 bridgehead atoms. The third-order valence-electron chi connectivity index (χ3n) is 2.55. The Kier molecular flexibility index (Phi) is 5.42. The van der Waals surface area contributed by atoms with E-state index in [1.807, 2.05) is 13.8 Å². The summed E-state index contributed by atoms with van der Waals surface area (Å²) in [7, 11) is 0. The van der Waals surface area contributed by atoms with Crippen LogP contribution in [0.15, 0.2) is 18.2 Å². The van der Waals surface area contributed by atoms with Gasteiger partial charge in [-0.25, -0.2) is 4.39 Å². The van der Waals surface area contributed by atoms with Gasteiger partial charge in [-0.3, -0.25) is 14.9 Å². The van der Waals surface area contributed by atoms with Crippen LogP contribution in [0.5, 0.6) is 0 Å². The van der Waals surface area contributed by atoms with Gasteiger partial charge in [-0.05, 0) is 18.9 Å². The van der Waals surface area contributed by atoms with Crippen molar-refractivity contribution in [1.29, 1.82) is 0 Å². The maximum Gasteiger partial charge on any atom is 0.274 e. The Hall–Kier alpha value is -2.18. The van der Waals surface area contributed by atoms with Crippen molar-refractivity contribution in [3.63, 3.8) is 0 Å². The van der Waals surface area contributed by atoms with Crippen molar-refractivity contribution in [1.82, 2.24) is 5.32 Å². The molecule has 0 saturated carbocycles. The van der Waals surface area contributed by atoms with Crippen LogP contribution in [0.4, 0.5) is 15.8 Å². The zero-order valence-electron chi connectivity index (χ0n) is 11.6. The molecule has 7 heteroatoms. The van der Waals surface area contributed by atoms with Crippen molar-refractivity contribution in [2.24, 2.45) is 5.92 Å². The molecule has 0 saturated heterocycles. The van der Waals surface area contributed by atoms with Gasteiger partial charge in [-0.15, -0.1) is 0 Å². The summed E-state index contributed by atoms with van der Waals surface area (Å²) in [5.74, 6) is -0.650. The molecule has 0 fully saturated rings. The number of hydrogen-bond acceptors (Lipinski definition) is 4. The van der Waals surface area contributed by atoms with E-state index in [1.54, 1.807) is 6.92 Å². The summed E-state index contributed by atoms with van der Waals surface area (Å²) in [5.41, 5.74) is -0.161. The summed E-state index contributed by atoms with van der Waals surface area (Å²) < 4.78 is 13.2. The van der Waals surface area contributed by atoms with Gasteiger partial charge in [0.25, 0.3) is 5.69 Å². The minimum absolute atomic E-state index is 0.198. The van der Waals surface area contributed by atoms with Gasteiger partial charge in [-0.1, -0.05) is 13.8 Å². The molecule has 20 heavy (non-hydrogen) atoms. The van der Waals surface area contributed by atoms with E-state index in [4.69, 9.17) is 0 Å². The van der Waals surface area contributed by atoms with Crippen LogP contribution in [0.3, 0.4) is 0 Å². The molecule has 110 valence electrons. The van der Waals surface area contributed by atoms with Gasteiger partial charge >= 0.3 is 0 Å². The van der Waals surface area contributed by atoms with Crippen LogP contribution < -0.4 is 10.6 Å². The maximum absolute atomic E-state index is 13.2. The quantitative estimate of drug-likeness (QED) is 0.619. The normalized spacial score (nSPS) is 12.1. The van der Waals surface area contributed by atoms with E-state index in [9.17, 15) is 19.3 Å². The summed E-state index contributed by atoms with van der Waals surface area (Å²) in [6.45, 7) is 6.07. The topological polar surface area (TPSA) is 84.3 Å². The highest BCUT2D eigenvalue weighted by Gasteiger charge is 2.15. The van der Waals surface area contributed by atoms with E-state index in [2.05, 4.69) is 10.6 Å². The summed E-state index contributed by atoms with van der Waals surface area (Å²) in [6.07, 6.45) is 0. The Bertz CT molecular complexity index is 506. The first-order chi connectivity index (χ1) is 9.29. The number of nitro groups is 1. The van der Waals surface area contributed by atoms with Gasteiger partial charge in [0.05, 0.1) is 11.0 Å². The van der Waals surface area contributed by atoms with Crippen LogP contribution in [0.2, 0.25) is 0 Å². The van der Waals surface area contributed by atoms with Crippen molar-refractivity contribution in [3.05, 3.63) is 34.1 Å². The lowest BCUT2D eigenvalue weighted by molar-refractivity contribution is -0.385. The van der Waals surface area contributed by atoms with Crippen molar-refractivity contribution >= 4 is 17.3 Å². The Morgan fingerprint density at radius 2 is 2.00 bits per heavy atom. The number of carbonyl (C=O) groups is 1. The lowest BCUT2D eigenvalue weighted by Crippen LogP contribution is -2.39. The minimum Gasteiger partial charge on any atom is -0.374 e. The molecular weight excluding hydrogens is 265 g/mol. The lowest BCUT2D eigenvalue weighted by atomic mass is 10.2. The Morgan fingerprint density at radius 1 is 1.35 bits per heavy atom. The van der Waals surface area contributed by atoms with E-state index in [1.165, 1.54) is 6.07 Å². The predicted octanol–water partition coefficient (Wildman–Crippen LogP) is 2.31. The van der Waals surface area contributed by atoms with E-state index < -0.39 is 16.8 Å². The number of halogens is 1. The van der Waals surface area contributed by atoms with Crippen molar-refractivity contribution in [2.75, 3.05) is 11.9 Å². The highest BCUT2D eigenvalue weighted by Crippen LogP contribution is 2.20. The summed E-state index contributed by atoms with van der Waals surface area (Å²) in [4.78, 5) is 21.7. The number of anilines is 1. The standard InChI is InChI=1S/C13H18FN3O3/c1-8(2)7-15-13(18)9(3)16-11-4-10(14)5-12(6-11)17(19)20/h4-6,8-9,16H,7H2,1-3H3,(H,15,18). The molecule has 0 radical (unpaired) electrons. The summed E-state index contributed by atoms with van der Waals surface area (Å²) in [5, 5.41) is 16.1. The van der Waals surface area contributed by atoms with Crippen LogP contribution in [0.1, 0.15) is 20.8 Å². The van der Waals surface area contributed by atoms with Crippen LogP contribution in [0, 0.1) is 21.8 Å². The number of benzene rings is 1. The summed E-state index contributed by atoms with van der Waals surface area (Å²) in [6, 6.07) is 2.51. The van der Waals surface area contributed by atoms with Gasteiger partial charge < -0.3 is 10.6 Å². The number of rotatable bonds is 6. The molecule has 1 amide bonds. The highest BCUT2D eigenvalue weighted by molar-refractivity contribution is 5.84. The Balaban J connectivity index is 2.72. The number of nitrogens with one attached hydrogen (secondary N) is 2. The number of nitro benzene ring substituents is 1. The monoisotopic (exact) mass is 283 g/mol. The molecule has 0 spiro atoms. The lowest BCUT2D eigenvalue weighted by Gasteiger charge is -2.16. The molecule has 2 N–H and O–H groups in total. The third-order valence-corrected chi connectivity index (χ3v) is 2.55. The van der Waals surface area contributed by atoms with Gasteiger partial charge in [0.2, 0.25) is 5.91 Å². The van der Waals surface area contributed by atoms with Gasteiger partial charge in [0.15, 0.2) is 0 Å². The van der Waals surface area contributed by atoms with E-state index in [0.29, 0.717) is 12.5 Å². The fourth-order valence-corrected chi connectivity index (χ4v) is 1.54. The SMILES string of the molecule is CC(C)CNC(=O)C(C)Nc1cc(F)cc([N+](=O)[O-])c1. The number of non-ortho nitro benzene ring substituents is 1. The third kappa shape index (κ3) is 4.83. The van der Waals surface area contributed by atoms with Crippen LogP contribution in [-0.4, -0.2) is 23.4 Å². The second-order valence-electron chi connectivity index (χ2n) is 4.96.